The first kappa shape index (κ1) is 27.7. The van der Waals surface area contributed by atoms with E-state index in [1.54, 1.807) is 63.5 Å². The molecular weight excluding hydrogens is 511 g/mol. The lowest BCUT2D eigenvalue weighted by molar-refractivity contribution is -0.137. The van der Waals surface area contributed by atoms with E-state index in [0.717, 1.165) is 17.2 Å². The molecule has 0 atom stereocenters. The van der Waals surface area contributed by atoms with Gasteiger partial charge in [-0.15, -0.1) is 0 Å². The van der Waals surface area contributed by atoms with E-state index in [1.165, 1.54) is 0 Å². The Kier molecular flexibility index (Phi) is 8.22. The maximum absolute atomic E-state index is 13.4. The number of rotatable bonds is 6. The number of carbonyl (C=O) groups excluding carboxylic acids is 3. The number of hydrogen-bond donors (Lipinski definition) is 2. The molecule has 11 heteroatoms. The number of Topliss-reactive ketones (excluding diaryl/α,β-unsaturated/α-hetero) is 1. The van der Waals surface area contributed by atoms with Gasteiger partial charge in [-0.1, -0.05) is 35.9 Å². The molecular formula is C26H23ClF3N3O4. The summed E-state index contributed by atoms with van der Waals surface area (Å²) in [4.78, 5) is 41.7. The van der Waals surface area contributed by atoms with Gasteiger partial charge in [-0.3, -0.25) is 19.9 Å². The summed E-state index contributed by atoms with van der Waals surface area (Å²) in [5.74, 6) is -1.34. The Balaban J connectivity index is 1.82. The van der Waals surface area contributed by atoms with E-state index in [0.29, 0.717) is 6.07 Å². The molecule has 0 unspecified atom stereocenters. The van der Waals surface area contributed by atoms with Crippen LogP contribution in [0.3, 0.4) is 0 Å². The zero-order valence-corrected chi connectivity index (χ0v) is 20.8. The standard InChI is InChI=1S/C26H23ClF3N3O4/c1-25(2,3)37-24(36)33-20-11-18(26(28,29)30)19(27)12-21(20)32-23(35)13-22(34)16-7-4-6-15(10-16)17-8-5-9-31-14-17/h4-12,14H,13H2,1-3H3,(H,32,35)(H,33,36). The first-order chi connectivity index (χ1) is 17.2. The number of pyridine rings is 1. The summed E-state index contributed by atoms with van der Waals surface area (Å²) in [7, 11) is 0. The number of amides is 2. The Morgan fingerprint density at radius 3 is 2.24 bits per heavy atom. The van der Waals surface area contributed by atoms with Crippen molar-refractivity contribution in [3.8, 4) is 11.1 Å². The number of carbonyl (C=O) groups is 3. The van der Waals surface area contributed by atoms with Crippen LogP contribution in [0.2, 0.25) is 5.02 Å². The zero-order chi connectivity index (χ0) is 27.4. The predicted octanol–water partition coefficient (Wildman–Crippen LogP) is 6.98. The molecule has 0 spiro atoms. The summed E-state index contributed by atoms with van der Waals surface area (Å²) in [6, 6.07) is 11.6. The van der Waals surface area contributed by atoms with Crippen molar-refractivity contribution in [2.45, 2.75) is 39.0 Å². The minimum Gasteiger partial charge on any atom is -0.444 e. The molecule has 0 radical (unpaired) electrons. The largest absolute Gasteiger partial charge is 0.444 e. The second-order valence-corrected chi connectivity index (χ2v) is 9.38. The Hall–Kier alpha value is -3.92. The molecule has 0 saturated carbocycles. The minimum absolute atomic E-state index is 0.231. The van der Waals surface area contributed by atoms with Crippen LogP contribution in [-0.4, -0.2) is 28.4 Å². The fourth-order valence-corrected chi connectivity index (χ4v) is 3.53. The van der Waals surface area contributed by atoms with Gasteiger partial charge in [0.1, 0.15) is 5.60 Å². The lowest BCUT2D eigenvalue weighted by atomic mass is 10.0. The molecule has 2 aromatic carbocycles. The van der Waals surface area contributed by atoms with Crippen molar-refractivity contribution in [3.63, 3.8) is 0 Å². The molecule has 3 aromatic rings. The number of hydrogen-bond acceptors (Lipinski definition) is 5. The summed E-state index contributed by atoms with van der Waals surface area (Å²) < 4.78 is 45.2. The van der Waals surface area contributed by atoms with Gasteiger partial charge in [-0.2, -0.15) is 13.2 Å². The van der Waals surface area contributed by atoms with E-state index < -0.39 is 52.3 Å². The predicted molar refractivity (Wildman–Crippen MR) is 134 cm³/mol. The monoisotopic (exact) mass is 533 g/mol. The van der Waals surface area contributed by atoms with Crippen molar-refractivity contribution in [3.05, 3.63) is 77.1 Å². The number of ether oxygens (including phenoxy) is 1. The van der Waals surface area contributed by atoms with Crippen LogP contribution in [0, 0.1) is 0 Å². The van der Waals surface area contributed by atoms with Crippen molar-refractivity contribution in [1.82, 2.24) is 4.98 Å². The lowest BCUT2D eigenvalue weighted by Crippen LogP contribution is -2.28. The highest BCUT2D eigenvalue weighted by Crippen LogP contribution is 2.39. The van der Waals surface area contributed by atoms with Crippen molar-refractivity contribution in [2.24, 2.45) is 0 Å². The van der Waals surface area contributed by atoms with Crippen LogP contribution in [0.5, 0.6) is 0 Å². The molecule has 1 heterocycles. The van der Waals surface area contributed by atoms with Gasteiger partial charge in [0.15, 0.2) is 5.78 Å². The second-order valence-electron chi connectivity index (χ2n) is 8.97. The van der Waals surface area contributed by atoms with Crippen LogP contribution in [0.15, 0.2) is 60.9 Å². The summed E-state index contributed by atoms with van der Waals surface area (Å²) in [6.07, 6.45) is -3.23. The molecule has 194 valence electrons. The van der Waals surface area contributed by atoms with Crippen molar-refractivity contribution >= 4 is 40.8 Å². The number of benzene rings is 2. The lowest BCUT2D eigenvalue weighted by Gasteiger charge is -2.21. The van der Waals surface area contributed by atoms with Gasteiger partial charge < -0.3 is 10.1 Å². The Labute approximate surface area is 216 Å². The number of aromatic nitrogens is 1. The smallest absolute Gasteiger partial charge is 0.417 e. The minimum atomic E-state index is -4.82. The van der Waals surface area contributed by atoms with Gasteiger partial charge in [0.2, 0.25) is 5.91 Å². The van der Waals surface area contributed by atoms with Crippen LogP contribution >= 0.6 is 11.6 Å². The molecule has 2 amide bonds. The fraction of sp³-hybridized carbons (Fsp3) is 0.231. The van der Waals surface area contributed by atoms with Crippen LogP contribution in [0.4, 0.5) is 29.3 Å². The second kappa shape index (κ2) is 11.0. The first-order valence-corrected chi connectivity index (χ1v) is 11.3. The number of nitrogens with zero attached hydrogens (tertiary/aromatic N) is 1. The highest BCUT2D eigenvalue weighted by atomic mass is 35.5. The SMILES string of the molecule is CC(C)(C)OC(=O)Nc1cc(C(F)(F)F)c(Cl)cc1NC(=O)CC(=O)c1cccc(-c2cccnc2)c1. The van der Waals surface area contributed by atoms with Gasteiger partial charge in [0.25, 0.3) is 0 Å². The van der Waals surface area contributed by atoms with E-state index in [4.69, 9.17) is 16.3 Å². The molecule has 0 aliphatic rings. The van der Waals surface area contributed by atoms with Crippen molar-refractivity contribution in [1.29, 1.82) is 0 Å². The van der Waals surface area contributed by atoms with E-state index in [9.17, 15) is 27.6 Å². The number of ketones is 1. The Bertz CT molecular complexity index is 1320. The van der Waals surface area contributed by atoms with Gasteiger partial charge in [-0.25, -0.2) is 4.79 Å². The molecule has 0 fully saturated rings. The first-order valence-electron chi connectivity index (χ1n) is 11.0. The normalized spacial score (nSPS) is 11.5. The van der Waals surface area contributed by atoms with Crippen LogP contribution in [0.1, 0.15) is 43.1 Å². The molecule has 3 rings (SSSR count). The average molecular weight is 534 g/mol. The molecule has 0 bridgehead atoms. The highest BCUT2D eigenvalue weighted by molar-refractivity contribution is 6.32. The quantitative estimate of drug-likeness (QED) is 0.263. The van der Waals surface area contributed by atoms with Crippen molar-refractivity contribution in [2.75, 3.05) is 10.6 Å². The third kappa shape index (κ3) is 7.78. The third-order valence-electron chi connectivity index (χ3n) is 4.82. The number of halogens is 4. The van der Waals surface area contributed by atoms with E-state index in [1.807, 2.05) is 6.07 Å². The number of nitrogens with one attached hydrogen (secondary N) is 2. The Morgan fingerprint density at radius 2 is 1.62 bits per heavy atom. The molecule has 2 N–H and O–H groups in total. The zero-order valence-electron chi connectivity index (χ0n) is 20.1. The number of anilines is 2. The maximum atomic E-state index is 13.4. The Morgan fingerprint density at radius 1 is 0.946 bits per heavy atom. The molecule has 0 aliphatic carbocycles. The van der Waals surface area contributed by atoms with Gasteiger partial charge in [0.05, 0.1) is 28.4 Å². The van der Waals surface area contributed by atoms with Crippen molar-refractivity contribution < 1.29 is 32.3 Å². The molecule has 37 heavy (non-hydrogen) atoms. The number of alkyl halides is 3. The summed E-state index contributed by atoms with van der Waals surface area (Å²) in [5, 5.41) is 3.85. The molecule has 0 saturated heterocycles. The van der Waals surface area contributed by atoms with E-state index >= 15 is 0 Å². The van der Waals surface area contributed by atoms with Gasteiger partial charge in [-0.05, 0) is 50.6 Å². The van der Waals surface area contributed by atoms with Gasteiger partial charge >= 0.3 is 12.3 Å². The van der Waals surface area contributed by atoms with Gasteiger partial charge in [0, 0.05) is 23.5 Å². The fourth-order valence-electron chi connectivity index (χ4n) is 3.26. The van der Waals surface area contributed by atoms with Crippen LogP contribution in [-0.2, 0) is 15.7 Å². The summed E-state index contributed by atoms with van der Waals surface area (Å²) >= 11 is 5.80. The van der Waals surface area contributed by atoms with E-state index in [2.05, 4.69) is 15.6 Å². The molecule has 0 aliphatic heterocycles. The van der Waals surface area contributed by atoms with Crippen LogP contribution < -0.4 is 10.6 Å². The molecule has 1 aromatic heterocycles. The van der Waals surface area contributed by atoms with E-state index in [-0.39, 0.29) is 11.3 Å². The topological polar surface area (TPSA) is 97.4 Å². The maximum Gasteiger partial charge on any atom is 0.417 e. The summed E-state index contributed by atoms with van der Waals surface area (Å²) in [5.41, 5.74) is -1.02. The van der Waals surface area contributed by atoms with Crippen LogP contribution in [0.25, 0.3) is 11.1 Å². The summed E-state index contributed by atoms with van der Waals surface area (Å²) in [6.45, 7) is 4.73. The third-order valence-corrected chi connectivity index (χ3v) is 5.14. The average Bonchev–Trinajstić information content (AvgIpc) is 2.79. The highest BCUT2D eigenvalue weighted by Gasteiger charge is 2.34. The molecule has 7 nitrogen and oxygen atoms in total.